The van der Waals surface area contributed by atoms with E-state index in [1.165, 1.54) is 32.1 Å². The van der Waals surface area contributed by atoms with Gasteiger partial charge in [0, 0.05) is 22.5 Å². The summed E-state index contributed by atoms with van der Waals surface area (Å²) in [7, 11) is 0. The Morgan fingerprint density at radius 3 is 2.59 bits per heavy atom. The van der Waals surface area contributed by atoms with Crippen LogP contribution in [-0.2, 0) is 0 Å². The zero-order chi connectivity index (χ0) is 18.8. The topological polar surface area (TPSA) is 42.2 Å². The SMILES string of the molecule is Cc1ccc2oc(C(=O)NCC3CCCCC3)c(-c3ccc(Cl)cc3)c2c1. The first kappa shape index (κ1) is 18.1. The van der Waals surface area contributed by atoms with E-state index in [1.54, 1.807) is 0 Å². The van der Waals surface area contributed by atoms with E-state index in [4.69, 9.17) is 16.0 Å². The van der Waals surface area contributed by atoms with Gasteiger partial charge in [-0.15, -0.1) is 0 Å². The number of hydrogen-bond donors (Lipinski definition) is 1. The molecule has 0 spiro atoms. The number of fused-ring (bicyclic) bond motifs is 1. The molecule has 1 fully saturated rings. The van der Waals surface area contributed by atoms with E-state index in [0.29, 0.717) is 16.7 Å². The van der Waals surface area contributed by atoms with Crippen molar-refractivity contribution >= 4 is 28.5 Å². The standard InChI is InChI=1S/C23H24ClNO2/c1-15-7-12-20-19(13-15)21(17-8-10-18(24)11-9-17)22(27-20)23(26)25-14-16-5-3-2-4-6-16/h7-13,16H,2-6,14H2,1H3,(H,25,26). The first-order valence-electron chi connectivity index (χ1n) is 9.69. The van der Waals surface area contributed by atoms with Crippen LogP contribution in [-0.4, -0.2) is 12.5 Å². The Hall–Kier alpha value is -2.26. The van der Waals surface area contributed by atoms with Crippen LogP contribution in [0.15, 0.2) is 46.9 Å². The van der Waals surface area contributed by atoms with Crippen molar-refractivity contribution < 1.29 is 9.21 Å². The molecular weight excluding hydrogens is 358 g/mol. The zero-order valence-corrected chi connectivity index (χ0v) is 16.3. The summed E-state index contributed by atoms with van der Waals surface area (Å²) >= 11 is 6.05. The number of carbonyl (C=O) groups excluding carboxylic acids is 1. The summed E-state index contributed by atoms with van der Waals surface area (Å²) in [5, 5.41) is 4.74. The van der Waals surface area contributed by atoms with Crippen LogP contribution in [0, 0.1) is 12.8 Å². The minimum atomic E-state index is -0.139. The fraction of sp³-hybridized carbons (Fsp3) is 0.348. The average Bonchev–Trinajstić information content (AvgIpc) is 3.06. The van der Waals surface area contributed by atoms with Gasteiger partial charge in [-0.1, -0.05) is 54.6 Å². The van der Waals surface area contributed by atoms with Crippen LogP contribution in [0.5, 0.6) is 0 Å². The highest BCUT2D eigenvalue weighted by molar-refractivity contribution is 6.30. The number of halogens is 1. The fourth-order valence-electron chi connectivity index (χ4n) is 3.98. The number of nitrogens with one attached hydrogen (secondary N) is 1. The molecule has 4 heteroatoms. The van der Waals surface area contributed by atoms with Gasteiger partial charge in [-0.25, -0.2) is 0 Å². The van der Waals surface area contributed by atoms with E-state index in [1.807, 2.05) is 43.3 Å². The molecule has 3 nitrogen and oxygen atoms in total. The lowest BCUT2D eigenvalue weighted by molar-refractivity contribution is 0.0919. The van der Waals surface area contributed by atoms with E-state index < -0.39 is 0 Å². The summed E-state index contributed by atoms with van der Waals surface area (Å²) in [5.41, 5.74) is 3.64. The number of benzene rings is 2. The molecule has 27 heavy (non-hydrogen) atoms. The molecule has 0 bridgehead atoms. The first-order chi connectivity index (χ1) is 13.1. The van der Waals surface area contributed by atoms with Crippen LogP contribution >= 0.6 is 11.6 Å². The highest BCUT2D eigenvalue weighted by Crippen LogP contribution is 2.36. The van der Waals surface area contributed by atoms with Gasteiger partial charge in [0.15, 0.2) is 0 Å². The van der Waals surface area contributed by atoms with Gasteiger partial charge in [0.05, 0.1) is 0 Å². The van der Waals surface area contributed by atoms with Gasteiger partial charge >= 0.3 is 0 Å². The summed E-state index contributed by atoms with van der Waals surface area (Å²) < 4.78 is 6.00. The molecule has 0 unspecified atom stereocenters. The molecule has 1 aliphatic rings. The van der Waals surface area contributed by atoms with Crippen molar-refractivity contribution in [1.29, 1.82) is 0 Å². The Kier molecular flexibility index (Phi) is 5.22. The lowest BCUT2D eigenvalue weighted by Gasteiger charge is -2.21. The largest absolute Gasteiger partial charge is 0.450 e. The number of amides is 1. The van der Waals surface area contributed by atoms with Crippen LogP contribution in [0.1, 0.15) is 48.2 Å². The van der Waals surface area contributed by atoms with Crippen molar-refractivity contribution in [1.82, 2.24) is 5.32 Å². The van der Waals surface area contributed by atoms with Crippen LogP contribution in [0.4, 0.5) is 0 Å². The van der Waals surface area contributed by atoms with Crippen LogP contribution in [0.2, 0.25) is 5.02 Å². The maximum absolute atomic E-state index is 13.0. The molecule has 1 amide bonds. The van der Waals surface area contributed by atoms with E-state index in [2.05, 4.69) is 11.4 Å². The molecule has 2 aromatic carbocycles. The van der Waals surface area contributed by atoms with Crippen LogP contribution in [0.3, 0.4) is 0 Å². The molecule has 140 valence electrons. The Labute approximate surface area is 164 Å². The number of rotatable bonds is 4. The lowest BCUT2D eigenvalue weighted by Crippen LogP contribution is -2.30. The molecule has 1 aromatic heterocycles. The summed E-state index contributed by atoms with van der Waals surface area (Å²) in [6.45, 7) is 2.76. The van der Waals surface area contributed by atoms with E-state index in [9.17, 15) is 4.79 Å². The summed E-state index contributed by atoms with van der Waals surface area (Å²) in [6, 6.07) is 13.6. The van der Waals surface area contributed by atoms with Crippen molar-refractivity contribution in [2.75, 3.05) is 6.54 Å². The van der Waals surface area contributed by atoms with Gasteiger partial charge in [-0.2, -0.15) is 0 Å². The number of hydrogen-bond acceptors (Lipinski definition) is 2. The highest BCUT2D eigenvalue weighted by Gasteiger charge is 2.23. The molecule has 1 saturated carbocycles. The normalized spacial score (nSPS) is 15.2. The molecule has 4 rings (SSSR count). The van der Waals surface area contributed by atoms with Crippen molar-refractivity contribution in [2.45, 2.75) is 39.0 Å². The second-order valence-corrected chi connectivity index (χ2v) is 7.96. The third-order valence-electron chi connectivity index (χ3n) is 5.46. The van der Waals surface area contributed by atoms with Gasteiger partial charge in [0.2, 0.25) is 5.76 Å². The molecule has 0 atom stereocenters. The van der Waals surface area contributed by atoms with Crippen LogP contribution < -0.4 is 5.32 Å². The van der Waals surface area contributed by atoms with Crippen molar-refractivity contribution in [3.05, 3.63) is 58.8 Å². The Balaban J connectivity index is 1.69. The van der Waals surface area contributed by atoms with Crippen LogP contribution in [0.25, 0.3) is 22.1 Å². The zero-order valence-electron chi connectivity index (χ0n) is 15.6. The van der Waals surface area contributed by atoms with Gasteiger partial charge in [0.1, 0.15) is 5.58 Å². The fourth-order valence-corrected chi connectivity index (χ4v) is 4.11. The summed E-state index contributed by atoms with van der Waals surface area (Å²) in [6.07, 6.45) is 6.24. The highest BCUT2D eigenvalue weighted by atomic mass is 35.5. The predicted octanol–water partition coefficient (Wildman–Crippen LogP) is 6.37. The maximum Gasteiger partial charge on any atom is 0.287 e. The van der Waals surface area contributed by atoms with Crippen molar-refractivity contribution in [3.63, 3.8) is 0 Å². The number of furan rings is 1. The Morgan fingerprint density at radius 2 is 1.85 bits per heavy atom. The molecule has 0 saturated heterocycles. The molecular formula is C23H24ClNO2. The predicted molar refractivity (Wildman–Crippen MR) is 110 cm³/mol. The molecule has 0 aliphatic heterocycles. The smallest absolute Gasteiger partial charge is 0.287 e. The Bertz CT molecular complexity index is 952. The quantitative estimate of drug-likeness (QED) is 0.570. The Morgan fingerprint density at radius 1 is 1.11 bits per heavy atom. The summed E-state index contributed by atoms with van der Waals surface area (Å²) in [5.74, 6) is 0.821. The second-order valence-electron chi connectivity index (χ2n) is 7.53. The molecule has 1 N–H and O–H groups in total. The third kappa shape index (κ3) is 3.89. The van der Waals surface area contributed by atoms with Gasteiger partial charge < -0.3 is 9.73 Å². The molecule has 1 heterocycles. The van der Waals surface area contributed by atoms with E-state index in [-0.39, 0.29) is 5.91 Å². The molecule has 1 aliphatic carbocycles. The minimum absolute atomic E-state index is 0.139. The minimum Gasteiger partial charge on any atom is -0.450 e. The van der Waals surface area contributed by atoms with Crippen molar-refractivity contribution in [2.24, 2.45) is 5.92 Å². The van der Waals surface area contributed by atoms with Gasteiger partial charge in [0.25, 0.3) is 5.91 Å². The summed E-state index contributed by atoms with van der Waals surface area (Å²) in [4.78, 5) is 13.0. The van der Waals surface area contributed by atoms with Crippen molar-refractivity contribution in [3.8, 4) is 11.1 Å². The van der Waals surface area contributed by atoms with E-state index >= 15 is 0 Å². The lowest BCUT2D eigenvalue weighted by atomic mass is 9.89. The van der Waals surface area contributed by atoms with Gasteiger partial charge in [-0.3, -0.25) is 4.79 Å². The molecule has 0 radical (unpaired) electrons. The number of aryl methyl sites for hydroxylation is 1. The van der Waals surface area contributed by atoms with Gasteiger partial charge in [-0.05, 0) is 55.5 Å². The monoisotopic (exact) mass is 381 g/mol. The average molecular weight is 382 g/mol. The second kappa shape index (κ2) is 7.77. The first-order valence-corrected chi connectivity index (χ1v) is 10.1. The molecule has 3 aromatic rings. The van der Waals surface area contributed by atoms with E-state index in [0.717, 1.165) is 34.2 Å². The maximum atomic E-state index is 13.0. The number of carbonyl (C=O) groups is 1. The third-order valence-corrected chi connectivity index (χ3v) is 5.71.